The van der Waals surface area contributed by atoms with Gasteiger partial charge in [-0.25, -0.2) is 4.79 Å². The number of carbonyl (C=O) groups excluding carboxylic acids is 1. The van der Waals surface area contributed by atoms with Gasteiger partial charge in [-0.1, -0.05) is 12.1 Å². The van der Waals surface area contributed by atoms with Gasteiger partial charge in [0, 0.05) is 32.2 Å². The molecule has 170 valence electrons. The van der Waals surface area contributed by atoms with Gasteiger partial charge in [-0.15, -0.1) is 0 Å². The third-order valence-corrected chi connectivity index (χ3v) is 7.00. The second kappa shape index (κ2) is 8.68. The van der Waals surface area contributed by atoms with E-state index in [0.29, 0.717) is 31.3 Å². The fraction of sp³-hybridized carbons (Fsp3) is 0.636. The summed E-state index contributed by atoms with van der Waals surface area (Å²) in [6, 6.07) is 4.70. The standard InChI is InChI=1S/C22H28F3N3O3/c23-22(24,25)16-7-4-14(5-8-16)11-27-12-15-6-9-18(17(15)13-27)26-20(29)19-3-1-2-10-28(19)21(30)31/h4-5,7-8,15,17-19H,1-3,6,9-13H2,(H,26,29)(H,30,31)/t15-,17+,18+,19-/m0/s1. The highest BCUT2D eigenvalue weighted by Crippen LogP contribution is 2.39. The van der Waals surface area contributed by atoms with Gasteiger partial charge >= 0.3 is 12.3 Å². The van der Waals surface area contributed by atoms with Crippen molar-refractivity contribution in [1.82, 2.24) is 15.1 Å². The van der Waals surface area contributed by atoms with Gasteiger partial charge in [0.15, 0.2) is 0 Å². The molecule has 3 fully saturated rings. The summed E-state index contributed by atoms with van der Waals surface area (Å²) in [6.07, 6.45) is -1.32. The number of rotatable bonds is 4. The number of hydrogen-bond acceptors (Lipinski definition) is 3. The van der Waals surface area contributed by atoms with Crippen molar-refractivity contribution >= 4 is 12.0 Å². The Bertz CT molecular complexity index is 814. The maximum Gasteiger partial charge on any atom is 0.416 e. The van der Waals surface area contributed by atoms with E-state index in [1.54, 1.807) is 0 Å². The van der Waals surface area contributed by atoms with Crippen molar-refractivity contribution in [2.75, 3.05) is 19.6 Å². The zero-order valence-electron chi connectivity index (χ0n) is 17.3. The van der Waals surface area contributed by atoms with Gasteiger partial charge in [-0.3, -0.25) is 14.6 Å². The molecule has 6 nitrogen and oxygen atoms in total. The molecule has 2 saturated heterocycles. The van der Waals surface area contributed by atoms with Crippen LogP contribution >= 0.6 is 0 Å². The first kappa shape index (κ1) is 21.9. The van der Waals surface area contributed by atoms with Crippen molar-refractivity contribution in [3.8, 4) is 0 Å². The number of benzene rings is 1. The molecule has 2 aliphatic heterocycles. The summed E-state index contributed by atoms with van der Waals surface area (Å²) in [5, 5.41) is 12.5. The van der Waals surface area contributed by atoms with Crippen LogP contribution in [0.25, 0.3) is 0 Å². The lowest BCUT2D eigenvalue weighted by Crippen LogP contribution is -2.54. The molecule has 2 N–H and O–H groups in total. The van der Waals surface area contributed by atoms with Gasteiger partial charge < -0.3 is 10.4 Å². The van der Waals surface area contributed by atoms with Gasteiger partial charge in [0.25, 0.3) is 0 Å². The van der Waals surface area contributed by atoms with E-state index in [9.17, 15) is 27.9 Å². The Labute approximate surface area is 179 Å². The minimum atomic E-state index is -4.33. The number of carbonyl (C=O) groups is 2. The zero-order valence-corrected chi connectivity index (χ0v) is 17.3. The number of alkyl halides is 3. The molecule has 0 unspecified atom stereocenters. The number of nitrogens with one attached hydrogen (secondary N) is 1. The molecule has 1 aliphatic carbocycles. The predicted molar refractivity (Wildman–Crippen MR) is 107 cm³/mol. The molecule has 3 aliphatic rings. The van der Waals surface area contributed by atoms with Gasteiger partial charge in [0.05, 0.1) is 5.56 Å². The van der Waals surface area contributed by atoms with Gasteiger partial charge in [0.2, 0.25) is 5.91 Å². The average molecular weight is 439 g/mol. The van der Waals surface area contributed by atoms with E-state index in [-0.39, 0.29) is 11.9 Å². The molecule has 31 heavy (non-hydrogen) atoms. The van der Waals surface area contributed by atoms with Crippen LogP contribution in [0.15, 0.2) is 24.3 Å². The van der Waals surface area contributed by atoms with Crippen LogP contribution in [0.5, 0.6) is 0 Å². The summed E-state index contributed by atoms with van der Waals surface area (Å²) < 4.78 is 38.3. The van der Waals surface area contributed by atoms with E-state index < -0.39 is 23.9 Å². The highest BCUT2D eigenvalue weighted by molar-refractivity contribution is 5.85. The van der Waals surface area contributed by atoms with Crippen LogP contribution in [0.3, 0.4) is 0 Å². The molecule has 0 aromatic heterocycles. The molecular formula is C22H28F3N3O3. The average Bonchev–Trinajstić information content (AvgIpc) is 3.28. The predicted octanol–water partition coefficient (Wildman–Crippen LogP) is 3.56. The Hall–Kier alpha value is -2.29. The highest BCUT2D eigenvalue weighted by atomic mass is 19.4. The Morgan fingerprint density at radius 3 is 2.48 bits per heavy atom. The first-order valence-electron chi connectivity index (χ1n) is 10.9. The van der Waals surface area contributed by atoms with Crippen molar-refractivity contribution in [2.24, 2.45) is 11.8 Å². The van der Waals surface area contributed by atoms with Crippen molar-refractivity contribution in [3.05, 3.63) is 35.4 Å². The van der Waals surface area contributed by atoms with Gasteiger partial charge in [-0.05, 0) is 61.6 Å². The van der Waals surface area contributed by atoms with Crippen LogP contribution in [0.2, 0.25) is 0 Å². The second-order valence-corrected chi connectivity index (χ2v) is 8.99. The number of fused-ring (bicyclic) bond motifs is 1. The lowest BCUT2D eigenvalue weighted by molar-refractivity contribution is -0.137. The minimum absolute atomic E-state index is 0.0210. The molecule has 0 radical (unpaired) electrons. The van der Waals surface area contributed by atoms with Crippen molar-refractivity contribution in [2.45, 2.75) is 56.9 Å². The first-order chi connectivity index (χ1) is 14.7. The van der Waals surface area contributed by atoms with Crippen molar-refractivity contribution < 1.29 is 27.9 Å². The van der Waals surface area contributed by atoms with Crippen LogP contribution in [-0.2, 0) is 17.5 Å². The summed E-state index contributed by atoms with van der Waals surface area (Å²) in [5.41, 5.74) is 0.197. The topological polar surface area (TPSA) is 72.9 Å². The third kappa shape index (κ3) is 4.81. The molecule has 1 aromatic carbocycles. The van der Waals surface area contributed by atoms with E-state index in [4.69, 9.17) is 0 Å². The van der Waals surface area contributed by atoms with Crippen molar-refractivity contribution in [3.63, 3.8) is 0 Å². The summed E-state index contributed by atoms with van der Waals surface area (Å²) in [4.78, 5) is 27.8. The van der Waals surface area contributed by atoms with Crippen LogP contribution in [0.4, 0.5) is 18.0 Å². The number of halogens is 3. The maximum atomic E-state index is 12.8. The smallest absolute Gasteiger partial charge is 0.416 e. The highest BCUT2D eigenvalue weighted by Gasteiger charge is 2.44. The summed E-state index contributed by atoms with van der Waals surface area (Å²) in [7, 11) is 0. The Balaban J connectivity index is 1.33. The van der Waals surface area contributed by atoms with E-state index in [1.165, 1.54) is 17.0 Å². The molecule has 2 heterocycles. The lowest BCUT2D eigenvalue weighted by Gasteiger charge is -2.33. The van der Waals surface area contributed by atoms with Crippen LogP contribution < -0.4 is 5.32 Å². The summed E-state index contributed by atoms with van der Waals surface area (Å²) in [6.45, 7) is 2.62. The quantitative estimate of drug-likeness (QED) is 0.753. The number of amides is 2. The zero-order chi connectivity index (χ0) is 22.2. The molecule has 2 amide bonds. The van der Waals surface area contributed by atoms with E-state index in [2.05, 4.69) is 10.2 Å². The van der Waals surface area contributed by atoms with Gasteiger partial charge in [0.1, 0.15) is 6.04 Å². The monoisotopic (exact) mass is 439 g/mol. The molecular weight excluding hydrogens is 411 g/mol. The summed E-state index contributed by atoms with van der Waals surface area (Å²) >= 11 is 0. The third-order valence-electron chi connectivity index (χ3n) is 7.00. The molecule has 1 aromatic rings. The van der Waals surface area contributed by atoms with Crippen LogP contribution in [0.1, 0.15) is 43.2 Å². The lowest BCUT2D eigenvalue weighted by atomic mass is 9.96. The fourth-order valence-electron chi connectivity index (χ4n) is 5.44. The molecule has 9 heteroatoms. The summed E-state index contributed by atoms with van der Waals surface area (Å²) in [5.74, 6) is 0.538. The maximum absolute atomic E-state index is 12.8. The van der Waals surface area contributed by atoms with E-state index >= 15 is 0 Å². The number of likely N-dealkylation sites (tertiary alicyclic amines) is 2. The molecule has 4 rings (SSSR count). The normalized spacial score (nSPS) is 29.1. The largest absolute Gasteiger partial charge is 0.465 e. The number of nitrogens with zero attached hydrogens (tertiary/aromatic N) is 2. The van der Waals surface area contributed by atoms with Crippen LogP contribution in [0, 0.1) is 11.8 Å². The SMILES string of the molecule is O=C(N[C@@H]1CC[C@H]2CN(Cc3ccc(C(F)(F)F)cc3)C[C@H]21)[C@@H]1CCCCN1C(=O)O. The molecule has 0 spiro atoms. The Kier molecular flexibility index (Phi) is 6.14. The van der Waals surface area contributed by atoms with E-state index in [0.717, 1.165) is 56.5 Å². The fourth-order valence-corrected chi connectivity index (χ4v) is 5.44. The minimum Gasteiger partial charge on any atom is -0.465 e. The molecule has 0 bridgehead atoms. The van der Waals surface area contributed by atoms with Crippen LogP contribution in [-0.4, -0.2) is 58.6 Å². The first-order valence-corrected chi connectivity index (χ1v) is 10.9. The van der Waals surface area contributed by atoms with Crippen molar-refractivity contribution in [1.29, 1.82) is 0 Å². The number of piperidine rings is 1. The molecule has 1 saturated carbocycles. The number of carboxylic acid groups (broad SMARTS) is 1. The second-order valence-electron chi connectivity index (χ2n) is 8.99. The number of hydrogen-bond donors (Lipinski definition) is 2. The Morgan fingerprint density at radius 1 is 1.06 bits per heavy atom. The van der Waals surface area contributed by atoms with E-state index in [1.807, 2.05) is 0 Å². The Morgan fingerprint density at radius 2 is 1.81 bits per heavy atom. The van der Waals surface area contributed by atoms with Gasteiger partial charge in [-0.2, -0.15) is 13.2 Å². The molecule has 4 atom stereocenters.